The van der Waals surface area contributed by atoms with Gasteiger partial charge in [0.25, 0.3) is 0 Å². The Morgan fingerprint density at radius 2 is 1.38 bits per heavy atom. The van der Waals surface area contributed by atoms with Gasteiger partial charge in [0, 0.05) is 33.2 Å². The smallest absolute Gasteiger partial charge is 0.0775 e. The number of anilines is 2. The molecule has 2 nitrogen and oxygen atoms in total. The van der Waals surface area contributed by atoms with Gasteiger partial charge in [-0.3, -0.25) is 0 Å². The number of benzene rings is 5. The minimum absolute atomic E-state index is 1.13. The van der Waals surface area contributed by atoms with Crippen LogP contribution < -0.4 is 10.5 Å². The zero-order chi connectivity index (χ0) is 21.9. The molecule has 0 fully saturated rings. The Morgan fingerprint density at radius 1 is 0.625 bits per heavy atom. The third-order valence-electron chi connectivity index (χ3n) is 6.50. The fourth-order valence-electron chi connectivity index (χ4n) is 4.86. The van der Waals surface area contributed by atoms with Crippen molar-refractivity contribution in [3.63, 3.8) is 0 Å². The van der Waals surface area contributed by atoms with Gasteiger partial charge in [-0.05, 0) is 47.9 Å². The summed E-state index contributed by atoms with van der Waals surface area (Å²) in [5, 5.41) is 10.4. The van der Waals surface area contributed by atoms with E-state index in [9.17, 15) is 0 Å². The third kappa shape index (κ3) is 2.93. The largest absolute Gasteiger partial charge is 0.355 e. The van der Waals surface area contributed by atoms with Gasteiger partial charge in [0.15, 0.2) is 0 Å². The van der Waals surface area contributed by atoms with Gasteiger partial charge < -0.3 is 9.88 Å². The fourth-order valence-corrected chi connectivity index (χ4v) is 6.03. The summed E-state index contributed by atoms with van der Waals surface area (Å²) in [7, 11) is -1.30. The molecule has 156 valence electrons. The Morgan fingerprint density at radius 3 is 2.12 bits per heavy atom. The highest BCUT2D eigenvalue weighted by Gasteiger charge is 2.19. The molecule has 0 saturated heterocycles. The number of nitrogens with zero attached hydrogens (tertiary/aromatic N) is 1. The number of nitrogens with one attached hydrogen (secondary N) is 1. The van der Waals surface area contributed by atoms with Gasteiger partial charge in [-0.1, -0.05) is 79.4 Å². The molecule has 1 N–H and O–H groups in total. The summed E-state index contributed by atoms with van der Waals surface area (Å²) in [5.74, 6) is 0. The zero-order valence-corrected chi connectivity index (χ0v) is 19.7. The van der Waals surface area contributed by atoms with Crippen LogP contribution in [0.15, 0.2) is 97.1 Å². The predicted octanol–water partition coefficient (Wildman–Crippen LogP) is 7.66. The minimum Gasteiger partial charge on any atom is -0.355 e. The molecule has 0 aliphatic rings. The van der Waals surface area contributed by atoms with Crippen LogP contribution in [0.2, 0.25) is 19.6 Å². The number of aromatic nitrogens is 1. The fraction of sp³-hybridized carbons (Fsp3) is 0.103. The maximum Gasteiger partial charge on any atom is 0.0775 e. The van der Waals surface area contributed by atoms with Crippen LogP contribution in [0.1, 0.15) is 0 Å². The quantitative estimate of drug-likeness (QED) is 0.224. The molecule has 0 aliphatic heterocycles. The first-order chi connectivity index (χ1) is 15.5. The Balaban J connectivity index is 1.55. The molecule has 6 rings (SSSR count). The summed E-state index contributed by atoms with van der Waals surface area (Å²) in [6, 6.07) is 35.3. The molecular weight excluding hydrogens is 404 g/mol. The summed E-state index contributed by atoms with van der Waals surface area (Å²) in [4.78, 5) is 0. The molecule has 1 aromatic heterocycles. The van der Waals surface area contributed by atoms with E-state index >= 15 is 0 Å². The second-order valence-corrected chi connectivity index (χ2v) is 14.7. The van der Waals surface area contributed by atoms with Crippen LogP contribution in [-0.2, 0) is 0 Å². The Hall–Kier alpha value is -3.56. The second-order valence-electron chi connectivity index (χ2n) is 9.62. The van der Waals surface area contributed by atoms with Crippen molar-refractivity contribution >= 4 is 57.2 Å². The maximum absolute atomic E-state index is 3.69. The normalized spacial score (nSPS) is 12.2. The molecule has 0 saturated carbocycles. The van der Waals surface area contributed by atoms with E-state index in [0.29, 0.717) is 0 Å². The number of rotatable bonds is 4. The summed E-state index contributed by atoms with van der Waals surface area (Å²) >= 11 is 0. The summed E-state index contributed by atoms with van der Waals surface area (Å²) in [6.45, 7) is 7.16. The van der Waals surface area contributed by atoms with Crippen molar-refractivity contribution in [1.29, 1.82) is 0 Å². The molecule has 0 bridgehead atoms. The van der Waals surface area contributed by atoms with E-state index in [1.807, 2.05) is 0 Å². The first-order valence-electron chi connectivity index (χ1n) is 11.2. The first-order valence-corrected chi connectivity index (χ1v) is 14.7. The average molecular weight is 431 g/mol. The van der Waals surface area contributed by atoms with E-state index in [0.717, 1.165) is 11.4 Å². The highest BCUT2D eigenvalue weighted by Crippen LogP contribution is 2.41. The van der Waals surface area contributed by atoms with E-state index in [1.165, 1.54) is 43.5 Å². The molecule has 3 heteroatoms. The number of para-hydroxylation sites is 1. The van der Waals surface area contributed by atoms with Gasteiger partial charge in [0.2, 0.25) is 0 Å². The lowest BCUT2D eigenvalue weighted by Crippen LogP contribution is -2.37. The van der Waals surface area contributed by atoms with Crippen molar-refractivity contribution in [2.45, 2.75) is 19.6 Å². The summed E-state index contributed by atoms with van der Waals surface area (Å²) < 4.78 is 2.39. The molecule has 0 unspecified atom stereocenters. The van der Waals surface area contributed by atoms with Gasteiger partial charge in [0.1, 0.15) is 0 Å². The predicted molar refractivity (Wildman–Crippen MR) is 142 cm³/mol. The van der Waals surface area contributed by atoms with Crippen LogP contribution in [0.4, 0.5) is 11.4 Å². The monoisotopic (exact) mass is 430 g/mol. The van der Waals surface area contributed by atoms with Crippen LogP contribution in [-0.4, -0.2) is 12.6 Å². The Labute approximate surface area is 189 Å². The van der Waals surface area contributed by atoms with Gasteiger partial charge in [-0.15, -0.1) is 0 Å². The third-order valence-corrected chi connectivity index (χ3v) is 8.57. The van der Waals surface area contributed by atoms with E-state index in [1.54, 1.807) is 0 Å². The van der Waals surface area contributed by atoms with E-state index in [-0.39, 0.29) is 0 Å². The Kier molecular flexibility index (Phi) is 4.17. The number of hydrogen-bond donors (Lipinski definition) is 1. The van der Waals surface area contributed by atoms with E-state index < -0.39 is 8.07 Å². The molecule has 1 heterocycles. The van der Waals surface area contributed by atoms with Gasteiger partial charge in [-0.25, -0.2) is 0 Å². The first kappa shape index (κ1) is 19.1. The van der Waals surface area contributed by atoms with Crippen molar-refractivity contribution in [3.05, 3.63) is 97.1 Å². The molecular formula is C29H26N2Si. The van der Waals surface area contributed by atoms with Crippen molar-refractivity contribution < 1.29 is 0 Å². The lowest BCUT2D eigenvalue weighted by molar-refractivity contribution is 1.18. The van der Waals surface area contributed by atoms with Gasteiger partial charge in [-0.2, -0.15) is 0 Å². The van der Waals surface area contributed by atoms with Gasteiger partial charge in [0.05, 0.1) is 19.1 Å². The standard InChI is InChI=1S/C29H26N2Si/c1-32(2,3)23-15-13-21(14-16-23)30-25-18-19-27-29-24(25)17-12-20-8-7-11-26(28(20)29)31(27)22-9-5-4-6-10-22/h4-19,30H,1-3H3. The second kappa shape index (κ2) is 6.97. The van der Waals surface area contributed by atoms with Crippen LogP contribution >= 0.6 is 0 Å². The molecule has 5 aromatic carbocycles. The molecule has 0 aliphatic carbocycles. The number of hydrogen-bond acceptors (Lipinski definition) is 1. The minimum atomic E-state index is -1.30. The topological polar surface area (TPSA) is 17.0 Å². The highest BCUT2D eigenvalue weighted by atomic mass is 28.3. The maximum atomic E-state index is 3.69. The molecule has 0 radical (unpaired) electrons. The Bertz CT molecular complexity index is 1550. The zero-order valence-electron chi connectivity index (χ0n) is 18.7. The van der Waals surface area contributed by atoms with Crippen LogP contribution in [0, 0.1) is 0 Å². The molecule has 32 heavy (non-hydrogen) atoms. The lowest BCUT2D eigenvalue weighted by atomic mass is 10.0. The van der Waals surface area contributed by atoms with Crippen molar-refractivity contribution in [1.82, 2.24) is 4.57 Å². The molecule has 0 spiro atoms. The summed E-state index contributed by atoms with van der Waals surface area (Å²) in [5.41, 5.74) is 5.98. The summed E-state index contributed by atoms with van der Waals surface area (Å²) in [6.07, 6.45) is 0. The lowest BCUT2D eigenvalue weighted by Gasteiger charge is -2.17. The molecule has 6 aromatic rings. The van der Waals surface area contributed by atoms with Crippen LogP contribution in [0.3, 0.4) is 0 Å². The molecule has 0 atom stereocenters. The highest BCUT2D eigenvalue weighted by molar-refractivity contribution is 6.88. The van der Waals surface area contributed by atoms with Crippen LogP contribution in [0.5, 0.6) is 0 Å². The average Bonchev–Trinajstić information content (AvgIpc) is 3.14. The SMILES string of the molecule is C[Si](C)(C)c1ccc(Nc2ccc3c4c2ccc2cccc(c24)n3-c2ccccc2)cc1. The van der Waals surface area contributed by atoms with Crippen LogP contribution in [0.25, 0.3) is 38.3 Å². The molecule has 0 amide bonds. The van der Waals surface area contributed by atoms with E-state index in [4.69, 9.17) is 0 Å². The van der Waals surface area contributed by atoms with Gasteiger partial charge >= 0.3 is 0 Å². The van der Waals surface area contributed by atoms with E-state index in [2.05, 4.69) is 127 Å². The van der Waals surface area contributed by atoms with Crippen molar-refractivity contribution in [3.8, 4) is 5.69 Å². The van der Waals surface area contributed by atoms with Crippen molar-refractivity contribution in [2.75, 3.05) is 5.32 Å². The van der Waals surface area contributed by atoms with Crippen molar-refractivity contribution in [2.24, 2.45) is 0 Å².